The number of benzene rings is 1. The Morgan fingerprint density at radius 1 is 1.45 bits per heavy atom. The maximum absolute atomic E-state index is 12.0. The van der Waals surface area contributed by atoms with Crippen molar-refractivity contribution in [1.29, 1.82) is 0 Å². The lowest BCUT2D eigenvalue weighted by molar-refractivity contribution is -0.137. The van der Waals surface area contributed by atoms with E-state index >= 15 is 0 Å². The third-order valence-electron chi connectivity index (χ3n) is 3.18. The summed E-state index contributed by atoms with van der Waals surface area (Å²) < 4.78 is 0. The van der Waals surface area contributed by atoms with E-state index < -0.39 is 6.04 Å². The molecule has 7 heteroatoms. The number of amides is 2. The topological polar surface area (TPSA) is 49.4 Å². The van der Waals surface area contributed by atoms with Gasteiger partial charge >= 0.3 is 0 Å². The molecular formula is C13H14Cl2N2O2S. The van der Waals surface area contributed by atoms with Crippen molar-refractivity contribution in [3.05, 3.63) is 33.8 Å². The Kier molecular flexibility index (Phi) is 4.83. The van der Waals surface area contributed by atoms with Gasteiger partial charge in [0.2, 0.25) is 11.8 Å². The molecule has 0 bridgehead atoms. The summed E-state index contributed by atoms with van der Waals surface area (Å²) in [5.41, 5.74) is 0.867. The Morgan fingerprint density at radius 2 is 2.15 bits per heavy atom. The van der Waals surface area contributed by atoms with E-state index in [0.29, 0.717) is 15.8 Å². The first-order chi connectivity index (χ1) is 9.45. The number of hydrogen-bond donors (Lipinski definition) is 1. The number of nitrogens with zero attached hydrogens (tertiary/aromatic N) is 1. The smallest absolute Gasteiger partial charge is 0.242 e. The van der Waals surface area contributed by atoms with Crippen LogP contribution in [-0.4, -0.2) is 35.6 Å². The van der Waals surface area contributed by atoms with E-state index in [4.69, 9.17) is 23.2 Å². The molecule has 1 aliphatic rings. The minimum atomic E-state index is -0.526. The number of thioether (sulfide) groups is 1. The van der Waals surface area contributed by atoms with Gasteiger partial charge in [-0.1, -0.05) is 29.3 Å². The monoisotopic (exact) mass is 332 g/mol. The molecular weight excluding hydrogens is 319 g/mol. The fraction of sp³-hybridized carbons (Fsp3) is 0.385. The Balaban J connectivity index is 2.32. The standard InChI is InChI=1S/C13H14Cl2N2O2S/c1-7(12(19)16-2)17-11(18)6-20-13(17)8-3-4-9(14)10(15)5-8/h3-5,7,13H,6H2,1-2H3,(H,16,19)/t7-,13+/m0/s1. The van der Waals surface area contributed by atoms with E-state index in [9.17, 15) is 9.59 Å². The highest BCUT2D eigenvalue weighted by Crippen LogP contribution is 2.41. The summed E-state index contributed by atoms with van der Waals surface area (Å²) in [6.07, 6.45) is 0. The molecule has 2 amide bonds. The molecule has 1 heterocycles. The highest BCUT2D eigenvalue weighted by Gasteiger charge is 2.38. The first kappa shape index (κ1) is 15.5. The summed E-state index contributed by atoms with van der Waals surface area (Å²) in [6.45, 7) is 1.72. The highest BCUT2D eigenvalue weighted by molar-refractivity contribution is 8.00. The Hall–Kier alpha value is -0.910. The quantitative estimate of drug-likeness (QED) is 0.925. The number of carbonyl (C=O) groups excluding carboxylic acids is 2. The van der Waals surface area contributed by atoms with Crippen molar-refractivity contribution in [2.75, 3.05) is 12.8 Å². The first-order valence-corrected chi connectivity index (χ1v) is 7.85. The van der Waals surface area contributed by atoms with Gasteiger partial charge in [-0.3, -0.25) is 9.59 Å². The lowest BCUT2D eigenvalue weighted by atomic mass is 10.1. The molecule has 0 aliphatic carbocycles. The normalized spacial score (nSPS) is 20.1. The maximum Gasteiger partial charge on any atom is 0.242 e. The van der Waals surface area contributed by atoms with Crippen LogP contribution in [0.15, 0.2) is 18.2 Å². The van der Waals surface area contributed by atoms with Crippen LogP contribution in [0.25, 0.3) is 0 Å². The van der Waals surface area contributed by atoms with Gasteiger partial charge < -0.3 is 10.2 Å². The van der Waals surface area contributed by atoms with Crippen molar-refractivity contribution >= 4 is 46.8 Å². The largest absolute Gasteiger partial charge is 0.357 e. The average molecular weight is 333 g/mol. The Labute approximate surface area is 131 Å². The van der Waals surface area contributed by atoms with Crippen LogP contribution in [-0.2, 0) is 9.59 Å². The highest BCUT2D eigenvalue weighted by atomic mass is 35.5. The van der Waals surface area contributed by atoms with Crippen molar-refractivity contribution in [2.24, 2.45) is 0 Å². The molecule has 0 saturated carbocycles. The zero-order valence-electron chi connectivity index (χ0n) is 11.0. The van der Waals surface area contributed by atoms with Gasteiger partial charge in [0.25, 0.3) is 0 Å². The molecule has 1 aromatic carbocycles. The summed E-state index contributed by atoms with van der Waals surface area (Å²) in [5, 5.41) is 3.26. The van der Waals surface area contributed by atoms with Gasteiger partial charge in [-0.2, -0.15) is 0 Å². The van der Waals surface area contributed by atoms with Gasteiger partial charge in [-0.25, -0.2) is 0 Å². The number of rotatable bonds is 3. The van der Waals surface area contributed by atoms with Crippen molar-refractivity contribution in [1.82, 2.24) is 10.2 Å². The fourth-order valence-electron chi connectivity index (χ4n) is 2.11. The van der Waals surface area contributed by atoms with E-state index in [2.05, 4.69) is 5.32 Å². The predicted octanol–water partition coefficient (Wildman–Crippen LogP) is 2.70. The second-order valence-electron chi connectivity index (χ2n) is 4.43. The van der Waals surface area contributed by atoms with Crippen LogP contribution in [0.5, 0.6) is 0 Å². The summed E-state index contributed by atoms with van der Waals surface area (Å²) >= 11 is 13.4. The maximum atomic E-state index is 12.0. The average Bonchev–Trinajstić information content (AvgIpc) is 2.82. The molecule has 2 rings (SSSR count). The zero-order valence-corrected chi connectivity index (χ0v) is 13.4. The molecule has 0 unspecified atom stereocenters. The van der Waals surface area contributed by atoms with E-state index in [1.54, 1.807) is 31.0 Å². The second kappa shape index (κ2) is 6.24. The minimum Gasteiger partial charge on any atom is -0.357 e. The molecule has 0 spiro atoms. The van der Waals surface area contributed by atoms with Crippen LogP contribution < -0.4 is 5.32 Å². The van der Waals surface area contributed by atoms with Gasteiger partial charge in [-0.15, -0.1) is 11.8 Å². The molecule has 4 nitrogen and oxygen atoms in total. The number of likely N-dealkylation sites (N-methyl/N-ethyl adjacent to an activating group) is 1. The molecule has 20 heavy (non-hydrogen) atoms. The molecule has 1 saturated heterocycles. The van der Waals surface area contributed by atoms with E-state index in [1.165, 1.54) is 11.8 Å². The van der Waals surface area contributed by atoms with Crippen LogP contribution >= 0.6 is 35.0 Å². The molecule has 2 atom stereocenters. The predicted molar refractivity (Wildman–Crippen MR) is 82.0 cm³/mol. The number of carbonyl (C=O) groups is 2. The molecule has 108 valence electrons. The molecule has 1 N–H and O–H groups in total. The van der Waals surface area contributed by atoms with Gasteiger partial charge in [0.05, 0.1) is 15.8 Å². The lowest BCUT2D eigenvalue weighted by Gasteiger charge is -2.29. The van der Waals surface area contributed by atoms with Gasteiger partial charge in [0.15, 0.2) is 0 Å². The Morgan fingerprint density at radius 3 is 2.75 bits per heavy atom. The third-order valence-corrected chi connectivity index (χ3v) is 5.14. The minimum absolute atomic E-state index is 0.0535. The summed E-state index contributed by atoms with van der Waals surface area (Å²) in [4.78, 5) is 25.4. The third kappa shape index (κ3) is 2.90. The van der Waals surface area contributed by atoms with Crippen LogP contribution in [0.1, 0.15) is 17.9 Å². The Bertz CT molecular complexity index is 553. The summed E-state index contributed by atoms with van der Waals surface area (Å²) in [6, 6.07) is 4.74. The molecule has 1 fully saturated rings. The zero-order chi connectivity index (χ0) is 14.9. The number of halogens is 2. The molecule has 1 aliphatic heterocycles. The summed E-state index contributed by atoms with van der Waals surface area (Å²) in [5.74, 6) is 0.111. The van der Waals surface area contributed by atoms with Crippen molar-refractivity contribution in [3.8, 4) is 0 Å². The fourth-order valence-corrected chi connectivity index (χ4v) is 3.67. The van der Waals surface area contributed by atoms with Gasteiger partial charge in [-0.05, 0) is 24.6 Å². The first-order valence-electron chi connectivity index (χ1n) is 6.05. The van der Waals surface area contributed by atoms with Crippen molar-refractivity contribution in [2.45, 2.75) is 18.3 Å². The van der Waals surface area contributed by atoms with Crippen LogP contribution in [0.3, 0.4) is 0 Å². The van der Waals surface area contributed by atoms with Gasteiger partial charge in [0, 0.05) is 7.05 Å². The van der Waals surface area contributed by atoms with E-state index in [1.807, 2.05) is 6.07 Å². The lowest BCUT2D eigenvalue weighted by Crippen LogP contribution is -2.45. The van der Waals surface area contributed by atoms with Crippen LogP contribution in [0.2, 0.25) is 10.0 Å². The second-order valence-corrected chi connectivity index (χ2v) is 6.31. The van der Waals surface area contributed by atoms with E-state index in [-0.39, 0.29) is 17.2 Å². The number of hydrogen-bond acceptors (Lipinski definition) is 3. The van der Waals surface area contributed by atoms with Gasteiger partial charge in [0.1, 0.15) is 11.4 Å². The summed E-state index contributed by atoms with van der Waals surface area (Å²) in [7, 11) is 1.56. The number of nitrogens with one attached hydrogen (secondary N) is 1. The molecule has 0 radical (unpaired) electrons. The van der Waals surface area contributed by atoms with Crippen molar-refractivity contribution in [3.63, 3.8) is 0 Å². The van der Waals surface area contributed by atoms with Crippen LogP contribution in [0, 0.1) is 0 Å². The molecule has 0 aromatic heterocycles. The van der Waals surface area contributed by atoms with Crippen molar-refractivity contribution < 1.29 is 9.59 Å². The molecule has 1 aromatic rings. The SMILES string of the molecule is CNC(=O)[C@H](C)N1C(=O)CS[C@@H]1c1ccc(Cl)c(Cl)c1. The van der Waals surface area contributed by atoms with E-state index in [0.717, 1.165) is 5.56 Å². The van der Waals surface area contributed by atoms with Crippen LogP contribution in [0.4, 0.5) is 0 Å².